The largest absolute Gasteiger partial charge is 0.504 e. The van der Waals surface area contributed by atoms with Crippen molar-refractivity contribution in [3.63, 3.8) is 0 Å². The predicted molar refractivity (Wildman–Crippen MR) is 106 cm³/mol. The molecule has 7 heteroatoms. The van der Waals surface area contributed by atoms with Crippen LogP contribution < -0.4 is 4.74 Å². The van der Waals surface area contributed by atoms with Crippen LogP contribution in [0.25, 0.3) is 6.08 Å². The van der Waals surface area contributed by atoms with Crippen LogP contribution in [-0.4, -0.2) is 34.7 Å². The molecule has 0 aliphatic carbocycles. The molecule has 1 aliphatic rings. The highest BCUT2D eigenvalue weighted by Gasteiger charge is 2.32. The van der Waals surface area contributed by atoms with Crippen LogP contribution in [-0.2, 0) is 4.79 Å². The summed E-state index contributed by atoms with van der Waals surface area (Å²) in [6, 6.07) is 12.1. The molecule has 5 nitrogen and oxygen atoms in total. The highest BCUT2D eigenvalue weighted by molar-refractivity contribution is 8.18. The molecule has 0 atom stereocenters. The van der Waals surface area contributed by atoms with Crippen molar-refractivity contribution in [3.05, 3.63) is 58.0 Å². The van der Waals surface area contributed by atoms with Crippen molar-refractivity contribution >= 4 is 46.2 Å². The fourth-order valence-electron chi connectivity index (χ4n) is 2.46. The van der Waals surface area contributed by atoms with Crippen LogP contribution in [0.5, 0.6) is 11.5 Å². The van der Waals surface area contributed by atoms with Gasteiger partial charge in [0.25, 0.3) is 5.91 Å². The number of ether oxygens (including phenoxy) is 1. The van der Waals surface area contributed by atoms with Crippen molar-refractivity contribution in [1.29, 1.82) is 0 Å². The Bertz CT molecular complexity index is 911. The molecule has 1 amide bonds. The summed E-state index contributed by atoms with van der Waals surface area (Å²) in [5, 5.41) is 10.9. The van der Waals surface area contributed by atoms with E-state index in [0.717, 1.165) is 5.56 Å². The minimum atomic E-state index is -0.106. The first-order chi connectivity index (χ1) is 12.5. The summed E-state index contributed by atoms with van der Waals surface area (Å²) in [5.41, 5.74) is 1.45. The molecule has 1 N–H and O–H groups in total. The van der Waals surface area contributed by atoms with Crippen LogP contribution in [0.2, 0.25) is 5.02 Å². The second-order valence-electron chi connectivity index (χ2n) is 5.47. The molecule has 1 fully saturated rings. The Labute approximate surface area is 160 Å². The first kappa shape index (κ1) is 18.4. The maximum Gasteiger partial charge on any atom is 0.266 e. The molecule has 1 aliphatic heterocycles. The lowest BCUT2D eigenvalue weighted by Crippen LogP contribution is -2.28. The predicted octanol–water partition coefficient (Wildman–Crippen LogP) is 4.68. The second kappa shape index (κ2) is 7.85. The summed E-state index contributed by atoms with van der Waals surface area (Å²) in [6.07, 6.45) is 1.76. The number of likely N-dealkylation sites (N-methyl/N-ethyl adjacent to an activating group) is 1. The number of carbonyl (C=O) groups excluding carboxylic acids is 1. The number of phenols is 1. The van der Waals surface area contributed by atoms with E-state index >= 15 is 0 Å². The third-order valence-electron chi connectivity index (χ3n) is 3.74. The number of hydrogen-bond acceptors (Lipinski definition) is 5. The number of benzene rings is 2. The van der Waals surface area contributed by atoms with Gasteiger partial charge in [0.15, 0.2) is 16.7 Å². The van der Waals surface area contributed by atoms with E-state index in [1.807, 2.05) is 19.1 Å². The van der Waals surface area contributed by atoms with Gasteiger partial charge in [0.1, 0.15) is 0 Å². The minimum absolute atomic E-state index is 0.0541. The zero-order chi connectivity index (χ0) is 18.7. The fraction of sp³-hybridized carbons (Fsp3) is 0.158. The first-order valence-electron chi connectivity index (χ1n) is 7.94. The van der Waals surface area contributed by atoms with Crippen molar-refractivity contribution in [2.45, 2.75) is 6.92 Å². The van der Waals surface area contributed by atoms with Crippen molar-refractivity contribution in [2.75, 3.05) is 13.7 Å². The molecule has 26 heavy (non-hydrogen) atoms. The Morgan fingerprint density at radius 3 is 2.81 bits per heavy atom. The summed E-state index contributed by atoms with van der Waals surface area (Å²) in [4.78, 5) is 19.4. The maximum absolute atomic E-state index is 12.7. The van der Waals surface area contributed by atoms with Crippen LogP contribution in [0.1, 0.15) is 12.5 Å². The zero-order valence-corrected chi connectivity index (χ0v) is 15.8. The summed E-state index contributed by atoms with van der Waals surface area (Å²) in [5.74, 6) is 0.304. The normalized spacial score (nSPS) is 17.3. The van der Waals surface area contributed by atoms with Gasteiger partial charge < -0.3 is 9.84 Å². The molecule has 3 rings (SSSR count). The van der Waals surface area contributed by atoms with Gasteiger partial charge in [0.2, 0.25) is 0 Å². The number of amidine groups is 1. The van der Waals surface area contributed by atoms with E-state index in [1.165, 1.54) is 24.9 Å². The van der Waals surface area contributed by atoms with E-state index in [-0.39, 0.29) is 11.7 Å². The number of carbonyl (C=O) groups is 1. The molecule has 0 bridgehead atoms. The van der Waals surface area contributed by atoms with Crippen LogP contribution in [0, 0.1) is 0 Å². The summed E-state index contributed by atoms with van der Waals surface area (Å²) < 4.78 is 5.11. The van der Waals surface area contributed by atoms with Gasteiger partial charge in [-0.1, -0.05) is 23.7 Å². The molecular weight excluding hydrogens is 372 g/mol. The molecular formula is C19H17ClN2O3S. The average Bonchev–Trinajstić information content (AvgIpc) is 2.91. The van der Waals surface area contributed by atoms with Gasteiger partial charge in [-0.15, -0.1) is 0 Å². The Morgan fingerprint density at radius 1 is 1.31 bits per heavy atom. The number of aliphatic imine (C=N–C) groups is 1. The third kappa shape index (κ3) is 3.86. The monoisotopic (exact) mass is 388 g/mol. The molecule has 2 aromatic rings. The second-order valence-corrected chi connectivity index (χ2v) is 6.91. The standard InChI is InChI=1S/C19H17ClN2O3S/c1-3-22-18(24)17(10-12-7-8-15(23)16(9-12)25-2)26-19(22)21-14-6-4-5-13(20)11-14/h4-11,23H,3H2,1-2H3/b17-10+,21-19?. The van der Waals surface area contributed by atoms with Gasteiger partial charge in [0.05, 0.1) is 17.7 Å². The molecule has 0 spiro atoms. The maximum atomic E-state index is 12.7. The molecule has 1 heterocycles. The zero-order valence-electron chi connectivity index (χ0n) is 14.3. The molecule has 0 aromatic heterocycles. The number of amides is 1. The molecule has 1 saturated heterocycles. The van der Waals surface area contributed by atoms with Crippen LogP contribution in [0.4, 0.5) is 5.69 Å². The van der Waals surface area contributed by atoms with Gasteiger partial charge in [-0.3, -0.25) is 9.69 Å². The van der Waals surface area contributed by atoms with Crippen molar-refractivity contribution < 1.29 is 14.6 Å². The molecule has 0 radical (unpaired) electrons. The summed E-state index contributed by atoms with van der Waals surface area (Å²) >= 11 is 7.31. The Balaban J connectivity index is 1.94. The van der Waals surface area contributed by atoms with E-state index in [4.69, 9.17) is 16.3 Å². The smallest absolute Gasteiger partial charge is 0.266 e. The van der Waals surface area contributed by atoms with Gasteiger partial charge in [-0.25, -0.2) is 4.99 Å². The van der Waals surface area contributed by atoms with E-state index < -0.39 is 0 Å². The van der Waals surface area contributed by atoms with Crippen molar-refractivity contribution in [1.82, 2.24) is 4.90 Å². The topological polar surface area (TPSA) is 62.1 Å². The highest BCUT2D eigenvalue weighted by atomic mass is 35.5. The molecule has 0 unspecified atom stereocenters. The number of phenolic OH excluding ortho intramolecular Hbond substituents is 1. The average molecular weight is 389 g/mol. The number of halogens is 1. The van der Waals surface area contributed by atoms with E-state index in [0.29, 0.717) is 33.1 Å². The molecule has 0 saturated carbocycles. The van der Waals surface area contributed by atoms with E-state index in [9.17, 15) is 9.90 Å². The number of nitrogens with zero attached hydrogens (tertiary/aromatic N) is 2. The molecule has 2 aromatic carbocycles. The lowest BCUT2D eigenvalue weighted by atomic mass is 10.2. The van der Waals surface area contributed by atoms with Crippen LogP contribution >= 0.6 is 23.4 Å². The lowest BCUT2D eigenvalue weighted by Gasteiger charge is -2.12. The Morgan fingerprint density at radius 2 is 2.12 bits per heavy atom. The van der Waals surface area contributed by atoms with Crippen LogP contribution in [0.3, 0.4) is 0 Å². The van der Waals surface area contributed by atoms with Crippen molar-refractivity contribution in [3.8, 4) is 11.5 Å². The minimum Gasteiger partial charge on any atom is -0.504 e. The molecule has 134 valence electrons. The fourth-order valence-corrected chi connectivity index (χ4v) is 3.71. The number of thioether (sulfide) groups is 1. The van der Waals surface area contributed by atoms with E-state index in [2.05, 4.69) is 4.99 Å². The van der Waals surface area contributed by atoms with Crippen LogP contribution in [0.15, 0.2) is 52.4 Å². The Hall–Kier alpha value is -2.44. The quantitative estimate of drug-likeness (QED) is 0.772. The van der Waals surface area contributed by atoms with Gasteiger partial charge in [0, 0.05) is 11.6 Å². The van der Waals surface area contributed by atoms with Gasteiger partial charge >= 0.3 is 0 Å². The number of methoxy groups -OCH3 is 1. The van der Waals surface area contributed by atoms with E-state index in [1.54, 1.807) is 35.2 Å². The third-order valence-corrected chi connectivity index (χ3v) is 4.98. The number of rotatable bonds is 4. The van der Waals surface area contributed by atoms with Gasteiger partial charge in [-0.05, 0) is 60.7 Å². The van der Waals surface area contributed by atoms with Gasteiger partial charge in [-0.2, -0.15) is 0 Å². The number of hydrogen-bond donors (Lipinski definition) is 1. The highest BCUT2D eigenvalue weighted by Crippen LogP contribution is 2.35. The lowest BCUT2D eigenvalue weighted by molar-refractivity contribution is -0.122. The van der Waals surface area contributed by atoms with Crippen molar-refractivity contribution in [2.24, 2.45) is 4.99 Å². The summed E-state index contributed by atoms with van der Waals surface area (Å²) in [6.45, 7) is 2.42. The number of aromatic hydroxyl groups is 1. The summed E-state index contributed by atoms with van der Waals surface area (Å²) in [7, 11) is 1.48. The Kier molecular flexibility index (Phi) is 5.54. The first-order valence-corrected chi connectivity index (χ1v) is 9.14. The SMILES string of the molecule is CCN1C(=O)/C(=C\c2ccc(O)c(OC)c2)SC1=Nc1cccc(Cl)c1.